The van der Waals surface area contributed by atoms with Gasteiger partial charge < -0.3 is 9.64 Å². The lowest BCUT2D eigenvalue weighted by Crippen LogP contribution is -2.39. The summed E-state index contributed by atoms with van der Waals surface area (Å²) < 4.78 is 5.46. The Morgan fingerprint density at radius 2 is 1.91 bits per heavy atom. The number of amides is 1. The Hall–Kier alpha value is -1.73. The predicted molar refractivity (Wildman–Crippen MR) is 97.0 cm³/mol. The highest BCUT2D eigenvalue weighted by molar-refractivity contribution is 6.83. The van der Waals surface area contributed by atoms with Crippen LogP contribution in [0.15, 0.2) is 18.2 Å². The first-order chi connectivity index (χ1) is 10.5. The van der Waals surface area contributed by atoms with Gasteiger partial charge in [0.1, 0.15) is 13.7 Å². The molecule has 0 aliphatic carbocycles. The van der Waals surface area contributed by atoms with Gasteiger partial charge in [0.2, 0.25) is 0 Å². The van der Waals surface area contributed by atoms with Crippen LogP contribution < -0.4 is 0 Å². The molecule has 23 heavy (non-hydrogen) atoms. The van der Waals surface area contributed by atoms with Crippen molar-refractivity contribution in [2.75, 3.05) is 6.54 Å². The van der Waals surface area contributed by atoms with Crippen LogP contribution in [-0.4, -0.2) is 31.2 Å². The number of hydrogen-bond donors (Lipinski definition) is 0. The zero-order valence-electron chi connectivity index (χ0n) is 15.1. The summed E-state index contributed by atoms with van der Waals surface area (Å²) in [6.45, 7) is 13.7. The fraction of sp³-hybridized carbons (Fsp3) is 0.526. The summed E-state index contributed by atoms with van der Waals surface area (Å²) in [7, 11) is -1.35. The van der Waals surface area contributed by atoms with Crippen LogP contribution in [0.25, 0.3) is 0 Å². The van der Waals surface area contributed by atoms with Crippen LogP contribution in [0.5, 0.6) is 0 Å². The number of fused-ring (bicyclic) bond motifs is 1. The van der Waals surface area contributed by atoms with Crippen molar-refractivity contribution in [1.29, 1.82) is 0 Å². The first kappa shape index (κ1) is 17.6. The molecule has 3 nitrogen and oxygen atoms in total. The Labute approximate surface area is 141 Å². The molecule has 4 heteroatoms. The quantitative estimate of drug-likeness (QED) is 0.527. The van der Waals surface area contributed by atoms with Crippen molar-refractivity contribution in [2.24, 2.45) is 0 Å². The van der Waals surface area contributed by atoms with Gasteiger partial charge in [-0.15, -0.1) is 5.54 Å². The van der Waals surface area contributed by atoms with Gasteiger partial charge in [0.25, 0.3) is 0 Å². The number of carbonyl (C=O) groups is 1. The minimum Gasteiger partial charge on any atom is -0.444 e. The Balaban J connectivity index is 2.11. The standard InChI is InChI=1S/C19H27NO2Si/c1-19(2,3)22-18(21)20-11-9-16-13-15(7-8-17(16)14-20)10-12-23(4,5)6/h7-8,13H,9,11,14H2,1-6H3. The Morgan fingerprint density at radius 1 is 1.22 bits per heavy atom. The van der Waals surface area contributed by atoms with Crippen LogP contribution >= 0.6 is 0 Å². The average Bonchev–Trinajstić information content (AvgIpc) is 2.41. The number of ether oxygens (including phenoxy) is 1. The van der Waals surface area contributed by atoms with Gasteiger partial charge in [-0.2, -0.15) is 0 Å². The van der Waals surface area contributed by atoms with Gasteiger partial charge in [-0.25, -0.2) is 4.79 Å². The molecule has 0 N–H and O–H groups in total. The molecule has 0 fully saturated rings. The van der Waals surface area contributed by atoms with Crippen molar-refractivity contribution in [3.63, 3.8) is 0 Å². The van der Waals surface area contributed by atoms with Crippen LogP contribution in [-0.2, 0) is 17.7 Å². The summed E-state index contributed by atoms with van der Waals surface area (Å²) in [5.74, 6) is 3.31. The Bertz CT molecular complexity index is 657. The molecule has 1 heterocycles. The lowest BCUT2D eigenvalue weighted by Gasteiger charge is -2.31. The molecule has 124 valence electrons. The van der Waals surface area contributed by atoms with Crippen molar-refractivity contribution < 1.29 is 9.53 Å². The van der Waals surface area contributed by atoms with Crippen molar-refractivity contribution in [2.45, 2.75) is 59.0 Å². The maximum absolute atomic E-state index is 12.2. The molecule has 2 rings (SSSR count). The monoisotopic (exact) mass is 329 g/mol. The normalized spacial score (nSPS) is 14.6. The molecule has 1 aromatic carbocycles. The predicted octanol–water partition coefficient (Wildman–Crippen LogP) is 4.21. The largest absolute Gasteiger partial charge is 0.444 e. The van der Waals surface area contributed by atoms with Crippen LogP contribution in [0, 0.1) is 11.5 Å². The molecule has 0 bridgehead atoms. The SMILES string of the molecule is CC(C)(C)OC(=O)N1CCc2cc(C#C[Si](C)(C)C)ccc2C1. The highest BCUT2D eigenvalue weighted by Crippen LogP contribution is 2.22. The van der Waals surface area contributed by atoms with E-state index in [0.29, 0.717) is 13.1 Å². The third-order valence-electron chi connectivity index (χ3n) is 3.45. The molecule has 1 aliphatic rings. The molecule has 0 radical (unpaired) electrons. The third kappa shape index (κ3) is 5.44. The molecular formula is C19H27NO2Si. The maximum atomic E-state index is 12.2. The van der Waals surface area contributed by atoms with E-state index in [-0.39, 0.29) is 6.09 Å². The Kier molecular flexibility index (Phi) is 4.91. The molecule has 1 amide bonds. The molecule has 0 unspecified atom stereocenters. The van der Waals surface area contributed by atoms with E-state index in [9.17, 15) is 4.79 Å². The zero-order chi connectivity index (χ0) is 17.3. The number of hydrogen-bond acceptors (Lipinski definition) is 2. The topological polar surface area (TPSA) is 29.5 Å². The highest BCUT2D eigenvalue weighted by atomic mass is 28.3. The van der Waals surface area contributed by atoms with Gasteiger partial charge in [0.05, 0.1) is 0 Å². The van der Waals surface area contributed by atoms with Crippen LogP contribution in [0.1, 0.15) is 37.5 Å². The van der Waals surface area contributed by atoms with Gasteiger partial charge in [0, 0.05) is 18.7 Å². The number of nitrogens with zero attached hydrogens (tertiary/aromatic N) is 1. The van der Waals surface area contributed by atoms with E-state index >= 15 is 0 Å². The fourth-order valence-corrected chi connectivity index (χ4v) is 2.89. The van der Waals surface area contributed by atoms with E-state index in [1.807, 2.05) is 20.8 Å². The number of benzene rings is 1. The molecule has 0 spiro atoms. The van der Waals surface area contributed by atoms with E-state index in [0.717, 1.165) is 12.0 Å². The van der Waals surface area contributed by atoms with E-state index in [1.54, 1.807) is 4.90 Å². The number of rotatable bonds is 0. The highest BCUT2D eigenvalue weighted by Gasteiger charge is 2.25. The second kappa shape index (κ2) is 6.41. The van der Waals surface area contributed by atoms with E-state index < -0.39 is 13.7 Å². The molecule has 0 aromatic heterocycles. The first-order valence-electron chi connectivity index (χ1n) is 8.16. The summed E-state index contributed by atoms with van der Waals surface area (Å²) in [6, 6.07) is 6.33. The fourth-order valence-electron chi connectivity index (χ4n) is 2.37. The van der Waals surface area contributed by atoms with Gasteiger partial charge in [-0.3, -0.25) is 0 Å². The summed E-state index contributed by atoms with van der Waals surface area (Å²) in [5, 5.41) is 0. The van der Waals surface area contributed by atoms with Gasteiger partial charge in [-0.05, 0) is 50.5 Å². The second-order valence-corrected chi connectivity index (χ2v) is 12.9. The summed E-state index contributed by atoms with van der Waals surface area (Å²) in [6.07, 6.45) is 0.627. The summed E-state index contributed by atoms with van der Waals surface area (Å²) >= 11 is 0. The summed E-state index contributed by atoms with van der Waals surface area (Å²) in [4.78, 5) is 14.0. The second-order valence-electron chi connectivity index (χ2n) is 8.14. The smallest absolute Gasteiger partial charge is 0.410 e. The van der Waals surface area contributed by atoms with E-state index in [1.165, 1.54) is 11.1 Å². The average molecular weight is 330 g/mol. The first-order valence-corrected chi connectivity index (χ1v) is 11.7. The molecular weight excluding hydrogens is 302 g/mol. The van der Waals surface area contributed by atoms with Crippen molar-refractivity contribution in [3.05, 3.63) is 34.9 Å². The minimum atomic E-state index is -1.35. The van der Waals surface area contributed by atoms with Crippen molar-refractivity contribution in [1.82, 2.24) is 4.90 Å². The zero-order valence-corrected chi connectivity index (χ0v) is 16.1. The van der Waals surface area contributed by atoms with Crippen LogP contribution in [0.4, 0.5) is 4.79 Å². The minimum absolute atomic E-state index is 0.231. The van der Waals surface area contributed by atoms with Gasteiger partial charge >= 0.3 is 6.09 Å². The van der Waals surface area contributed by atoms with Crippen molar-refractivity contribution in [3.8, 4) is 11.5 Å². The van der Waals surface area contributed by atoms with E-state index in [2.05, 4.69) is 49.3 Å². The lowest BCUT2D eigenvalue weighted by atomic mass is 9.98. The molecule has 0 saturated heterocycles. The van der Waals surface area contributed by atoms with Gasteiger partial charge in [0.15, 0.2) is 0 Å². The van der Waals surface area contributed by atoms with Crippen molar-refractivity contribution >= 4 is 14.2 Å². The van der Waals surface area contributed by atoms with Crippen LogP contribution in [0.2, 0.25) is 19.6 Å². The molecule has 1 aromatic rings. The lowest BCUT2D eigenvalue weighted by molar-refractivity contribution is 0.0224. The summed E-state index contributed by atoms with van der Waals surface area (Å²) in [5.41, 5.74) is 6.53. The third-order valence-corrected chi connectivity index (χ3v) is 4.33. The van der Waals surface area contributed by atoms with Gasteiger partial charge in [-0.1, -0.05) is 31.6 Å². The molecule has 1 aliphatic heterocycles. The Morgan fingerprint density at radius 3 is 2.52 bits per heavy atom. The van der Waals surface area contributed by atoms with Crippen LogP contribution in [0.3, 0.4) is 0 Å². The van der Waals surface area contributed by atoms with E-state index in [4.69, 9.17) is 4.74 Å². The number of carbonyl (C=O) groups excluding carboxylic acids is 1. The maximum Gasteiger partial charge on any atom is 0.410 e. The molecule has 0 atom stereocenters. The molecule has 0 saturated carbocycles.